The van der Waals surface area contributed by atoms with Crippen LogP contribution in [0.3, 0.4) is 0 Å². The number of anilines is 2. The second kappa shape index (κ2) is 25.4. The van der Waals surface area contributed by atoms with Gasteiger partial charge in [-0.15, -0.1) is 69.9 Å². The lowest BCUT2D eigenvalue weighted by Gasteiger charge is -2.34. The minimum atomic E-state index is -0.728. The Kier molecular flexibility index (Phi) is 18.8. The lowest BCUT2D eigenvalue weighted by molar-refractivity contribution is 0.0516. The van der Waals surface area contributed by atoms with Crippen LogP contribution in [0.5, 0.6) is 11.5 Å². The number of imidazole rings is 2. The quantitative estimate of drug-likeness (QED) is 0.0498. The molecule has 0 aliphatic carbocycles. The predicted molar refractivity (Wildman–Crippen MR) is 292 cm³/mol. The molecule has 8 aromatic rings. The van der Waals surface area contributed by atoms with Crippen LogP contribution in [0.2, 0.25) is 0 Å². The van der Waals surface area contributed by atoms with Gasteiger partial charge in [0, 0.05) is 84.9 Å². The Balaban J connectivity index is 0.000000177. The van der Waals surface area contributed by atoms with Gasteiger partial charge in [0.2, 0.25) is 11.9 Å². The summed E-state index contributed by atoms with van der Waals surface area (Å²) < 4.78 is 9.76. The van der Waals surface area contributed by atoms with Crippen LogP contribution in [-0.4, -0.2) is 161 Å². The van der Waals surface area contributed by atoms with Crippen molar-refractivity contribution in [2.45, 2.75) is 50.0 Å². The molecular weight excluding hydrogens is 1140 g/mol. The highest BCUT2D eigenvalue weighted by Crippen LogP contribution is 2.37. The molecule has 2 fully saturated rings. The van der Waals surface area contributed by atoms with Gasteiger partial charge in [-0.25, -0.2) is 29.9 Å². The molecule has 0 amide bonds. The number of nitrogens with zero attached hydrogens (tertiary/aromatic N) is 10. The predicted octanol–water partition coefficient (Wildman–Crippen LogP) is 7.37. The van der Waals surface area contributed by atoms with E-state index < -0.39 is 12.2 Å². The number of methoxy groups -OCH3 is 1. The maximum atomic E-state index is 9.98. The maximum Gasteiger partial charge on any atom is 0.369 e. The summed E-state index contributed by atoms with van der Waals surface area (Å²) in [6, 6.07) is 19.0. The number of hydrogen-bond acceptors (Lipinski definition) is 18. The summed E-state index contributed by atoms with van der Waals surface area (Å²) in [6.07, 6.45) is 10.0. The minimum Gasteiger partial charge on any atom is -0.508 e. The Bertz CT molecular complexity index is 2960. The molecule has 7 N–H and O–H groups in total. The van der Waals surface area contributed by atoms with Crippen LogP contribution in [0.25, 0.3) is 55.2 Å². The van der Waals surface area contributed by atoms with Crippen molar-refractivity contribution < 1.29 is 30.3 Å². The Morgan fingerprint density at radius 1 is 0.704 bits per heavy atom. The van der Waals surface area contributed by atoms with Crippen molar-refractivity contribution in [3.63, 3.8) is 0 Å². The number of thiazole rings is 2. The number of likely N-dealkylation sites (tertiary alicyclic amines) is 2. The van der Waals surface area contributed by atoms with Crippen molar-refractivity contribution in [2.24, 2.45) is 0 Å². The average molecular weight is 1200 g/mol. The Hall–Kier alpha value is -4.60. The summed E-state index contributed by atoms with van der Waals surface area (Å²) in [5.74, 6) is 2.06. The summed E-state index contributed by atoms with van der Waals surface area (Å²) in [5, 5.41) is 58.7. The highest BCUT2D eigenvalue weighted by Gasteiger charge is 2.26. The van der Waals surface area contributed by atoms with Gasteiger partial charge in [-0.05, 0) is 75.2 Å². The van der Waals surface area contributed by atoms with Crippen LogP contribution in [0.4, 0.5) is 11.9 Å². The molecule has 0 saturated carbocycles. The number of aliphatic hydroxyl groups is 4. The van der Waals surface area contributed by atoms with Crippen molar-refractivity contribution in [1.29, 1.82) is 0 Å². The Labute approximate surface area is 443 Å². The van der Waals surface area contributed by atoms with Crippen molar-refractivity contribution in [3.8, 4) is 56.8 Å². The van der Waals surface area contributed by atoms with Gasteiger partial charge in [-0.2, -0.15) is 0 Å². The molecule has 10 rings (SSSR count). The Morgan fingerprint density at radius 2 is 1.18 bits per heavy atom. The van der Waals surface area contributed by atoms with Crippen molar-refractivity contribution >= 4 is 94.9 Å². The number of β-amino-alcohol motifs (C(OH)–C–C–N with tert-alkyl or cyclic N) is 2. The second-order valence-corrected chi connectivity index (χ2v) is 25.1. The van der Waals surface area contributed by atoms with Crippen LogP contribution in [-0.2, 0) is 0 Å². The van der Waals surface area contributed by atoms with E-state index in [1.807, 2.05) is 70.0 Å². The van der Waals surface area contributed by atoms with E-state index in [4.69, 9.17) is 34.9 Å². The summed E-state index contributed by atoms with van der Waals surface area (Å²) >= 11 is 12.4. The monoisotopic (exact) mass is 1190 g/mol. The van der Waals surface area contributed by atoms with Gasteiger partial charge in [-0.1, -0.05) is 24.3 Å². The van der Waals surface area contributed by atoms with Gasteiger partial charge in [0.25, 0.3) is 0 Å². The zero-order valence-electron chi connectivity index (χ0n) is 38.7. The molecule has 24 heteroatoms. The highest BCUT2D eigenvalue weighted by molar-refractivity contribution is 9.69. The topological polar surface area (TPSA) is 227 Å². The van der Waals surface area contributed by atoms with E-state index in [1.165, 1.54) is 0 Å². The normalized spacial score (nSPS) is 17.2. The lowest BCUT2D eigenvalue weighted by Crippen LogP contribution is -2.45. The largest absolute Gasteiger partial charge is 0.508 e. The van der Waals surface area contributed by atoms with E-state index in [2.05, 4.69) is 82.1 Å². The van der Waals surface area contributed by atoms with Crippen molar-refractivity contribution in [2.75, 3.05) is 70.2 Å². The third kappa shape index (κ3) is 13.9. The first-order valence-electron chi connectivity index (χ1n) is 23.0. The van der Waals surface area contributed by atoms with Crippen molar-refractivity contribution in [1.82, 2.24) is 48.5 Å². The first-order valence-corrected chi connectivity index (χ1v) is 27.5. The van der Waals surface area contributed by atoms with E-state index in [0.29, 0.717) is 25.0 Å². The van der Waals surface area contributed by atoms with Crippen LogP contribution < -0.4 is 15.4 Å². The Morgan fingerprint density at radius 3 is 1.65 bits per heavy atom. The van der Waals surface area contributed by atoms with Crippen LogP contribution >= 0.6 is 69.9 Å². The van der Waals surface area contributed by atoms with Gasteiger partial charge >= 0.3 is 3.18 Å². The number of fused-ring (bicyclic) bond motifs is 2. The summed E-state index contributed by atoms with van der Waals surface area (Å²) in [4.78, 5) is 34.3. The molecule has 374 valence electrons. The van der Waals surface area contributed by atoms with Crippen molar-refractivity contribution in [3.05, 3.63) is 96.2 Å². The lowest BCUT2D eigenvalue weighted by atomic mass is 10.1. The second-order valence-electron chi connectivity index (χ2n) is 16.9. The highest BCUT2D eigenvalue weighted by atomic mass is 79.9. The van der Waals surface area contributed by atoms with E-state index in [0.717, 1.165) is 113 Å². The number of rotatable bonds is 15. The molecule has 2 aromatic carbocycles. The standard InChI is InChI=1S/C24H28N6O3S.C23H26N6O3S.BBr3/c1-33-19-6-2-4-16(12-19)21-22(30-10-11-34-24(30)28-21)20-7-8-25-23(27-20)26-17-5-3-9-29(13-17)14-18(32)15-31;30-14-18(32)13-28-8-2-4-16(12-28)25-22-24-7-6-19(26-22)21-20(15-3-1-5-17(31)11-15)27-23-29(21)9-10-33-23;2-1(3)4/h2,4,6-8,10-12,17-18,31-32H,3,5,9,13-15H2,1H3,(H,25,26,27);1,3,5-7,9-11,16,18,30-32H,2,4,8,12-14H2,(H,24,25,26);/t17-,18-;16-,18-;/m11./s1. The molecule has 2 aliphatic heterocycles. The van der Waals surface area contributed by atoms with Gasteiger partial charge in [0.15, 0.2) is 9.92 Å². The number of benzene rings is 2. The van der Waals surface area contributed by atoms with E-state index in [1.54, 1.807) is 60.4 Å². The van der Waals surface area contributed by atoms with E-state index in [9.17, 15) is 15.3 Å². The first-order chi connectivity index (χ1) is 34.5. The molecule has 0 unspecified atom stereocenters. The van der Waals surface area contributed by atoms with Gasteiger partial charge < -0.3 is 40.9 Å². The molecule has 2 saturated heterocycles. The van der Waals surface area contributed by atoms with E-state index >= 15 is 0 Å². The summed E-state index contributed by atoms with van der Waals surface area (Å²) in [6.45, 7) is 3.78. The van der Waals surface area contributed by atoms with Gasteiger partial charge in [-0.3, -0.25) is 18.6 Å². The zero-order chi connectivity index (χ0) is 49.9. The fourth-order valence-electron chi connectivity index (χ4n) is 8.76. The number of aromatic nitrogens is 8. The van der Waals surface area contributed by atoms with Crippen LogP contribution in [0, 0.1) is 0 Å². The third-order valence-electron chi connectivity index (χ3n) is 11.8. The average Bonchev–Trinajstić information content (AvgIpc) is 4.17. The molecule has 0 spiro atoms. The van der Waals surface area contributed by atoms with Crippen LogP contribution in [0.15, 0.2) is 96.2 Å². The van der Waals surface area contributed by atoms with Crippen LogP contribution in [0.1, 0.15) is 25.7 Å². The summed E-state index contributed by atoms with van der Waals surface area (Å²) in [7, 11) is 1.66. The SMILES string of the molecule is BrB(Br)Br.COc1cccc(-c2nc3sccn3c2-c2ccnc(N[C@@H]3CCCN(C[C@@H](O)CO)C3)n2)c1.OC[C@H](O)CN1CCC[C@@H](Nc2nccc(-c3c(-c4cccc(O)c4)nc4sccn34)n2)C1. The number of piperidine rings is 2. The number of aromatic hydroxyl groups is 1. The number of phenolic OH excluding ortho intramolecular Hbond substituents is 1. The smallest absolute Gasteiger partial charge is 0.369 e. The third-order valence-corrected chi connectivity index (χ3v) is 13.3. The molecule has 0 radical (unpaired) electrons. The fourth-order valence-corrected chi connectivity index (χ4v) is 10.2. The number of hydrogen-bond donors (Lipinski definition) is 7. The fraction of sp³-hybridized carbons (Fsp3) is 0.362. The molecule has 4 atom stereocenters. The minimum absolute atomic E-state index is 0.150. The first kappa shape index (κ1) is 52.7. The van der Waals surface area contributed by atoms with E-state index in [-0.39, 0.29) is 34.2 Å². The maximum absolute atomic E-state index is 9.98. The molecule has 2 aliphatic rings. The number of phenols is 1. The molecule has 8 heterocycles. The molecule has 71 heavy (non-hydrogen) atoms. The number of nitrogens with one attached hydrogen (secondary N) is 2. The molecule has 6 aromatic heterocycles. The number of aliphatic hydroxyl groups excluding tert-OH is 4. The van der Waals surface area contributed by atoms with Gasteiger partial charge in [0.1, 0.15) is 22.9 Å². The zero-order valence-corrected chi connectivity index (χ0v) is 45.1. The van der Waals surface area contributed by atoms with Gasteiger partial charge in [0.05, 0.1) is 55.3 Å². The number of halogens is 3. The number of ether oxygens (including phenoxy) is 1. The molecular formula is C47H54BBr3N12O6S2. The molecule has 18 nitrogen and oxygen atoms in total. The molecule has 0 bridgehead atoms. The summed E-state index contributed by atoms with van der Waals surface area (Å²) in [5.41, 5.74) is 6.65.